The topological polar surface area (TPSA) is 54.5 Å². The van der Waals surface area contributed by atoms with Crippen molar-refractivity contribution in [2.75, 3.05) is 14.2 Å². The molecule has 0 radical (unpaired) electrons. The molecule has 0 aliphatic rings. The van der Waals surface area contributed by atoms with Gasteiger partial charge in [0.05, 0.1) is 13.2 Å². The van der Waals surface area contributed by atoms with Gasteiger partial charge < -0.3 is 15.0 Å². The largest absolute Gasteiger partial charge is 0.494 e. The van der Waals surface area contributed by atoms with Crippen molar-refractivity contribution in [2.24, 2.45) is 0 Å². The first-order valence-corrected chi connectivity index (χ1v) is 7.25. The van der Waals surface area contributed by atoms with Crippen LogP contribution in [-0.4, -0.2) is 30.1 Å². The van der Waals surface area contributed by atoms with Crippen molar-refractivity contribution in [3.8, 4) is 5.75 Å². The van der Waals surface area contributed by atoms with Crippen molar-refractivity contribution in [1.29, 1.82) is 0 Å². The van der Waals surface area contributed by atoms with Gasteiger partial charge in [-0.1, -0.05) is 6.07 Å². The molecule has 1 N–H and O–H groups in total. The first kappa shape index (κ1) is 16.7. The molecule has 122 valence electrons. The number of hydrogen-bond donors (Lipinski definition) is 1. The fourth-order valence-corrected chi connectivity index (χ4v) is 2.16. The quantitative estimate of drug-likeness (QED) is 0.922. The van der Waals surface area contributed by atoms with Crippen LogP contribution in [-0.2, 0) is 6.54 Å². The lowest BCUT2D eigenvalue weighted by Gasteiger charge is -2.22. The predicted octanol–water partition coefficient (Wildman–Crippen LogP) is 3.13. The lowest BCUT2D eigenvalue weighted by Crippen LogP contribution is -2.38. The Hall–Kier alpha value is -2.63. The first-order chi connectivity index (χ1) is 11.0. The number of halogens is 1. The van der Waals surface area contributed by atoms with E-state index in [9.17, 15) is 9.18 Å². The van der Waals surface area contributed by atoms with Gasteiger partial charge in [-0.25, -0.2) is 9.18 Å². The molecule has 0 fully saturated rings. The SMILES string of the molecule is COc1ccc(C(C)NC(=O)N(C)Cc2ccncc2)cc1F. The number of urea groups is 1. The molecule has 23 heavy (non-hydrogen) atoms. The van der Waals surface area contributed by atoms with Gasteiger partial charge in [0.1, 0.15) is 0 Å². The Morgan fingerprint density at radius 2 is 2.04 bits per heavy atom. The minimum absolute atomic E-state index is 0.182. The summed E-state index contributed by atoms with van der Waals surface area (Å²) in [5, 5.41) is 2.84. The Balaban J connectivity index is 1.97. The lowest BCUT2D eigenvalue weighted by atomic mass is 10.1. The van der Waals surface area contributed by atoms with Crippen LogP contribution in [0, 0.1) is 5.82 Å². The van der Waals surface area contributed by atoms with Gasteiger partial charge in [-0.3, -0.25) is 4.98 Å². The zero-order chi connectivity index (χ0) is 16.8. The van der Waals surface area contributed by atoms with E-state index < -0.39 is 5.82 Å². The second-order valence-electron chi connectivity index (χ2n) is 5.28. The number of methoxy groups -OCH3 is 1. The molecule has 1 atom stereocenters. The molecular formula is C17H20FN3O2. The number of nitrogens with one attached hydrogen (secondary N) is 1. The number of ether oxygens (including phenoxy) is 1. The number of nitrogens with zero attached hydrogens (tertiary/aromatic N) is 2. The Labute approximate surface area is 135 Å². The van der Waals surface area contributed by atoms with E-state index in [1.165, 1.54) is 13.2 Å². The normalized spacial score (nSPS) is 11.7. The monoisotopic (exact) mass is 317 g/mol. The van der Waals surface area contributed by atoms with Gasteiger partial charge in [0.25, 0.3) is 0 Å². The summed E-state index contributed by atoms with van der Waals surface area (Å²) in [5.41, 5.74) is 1.66. The Morgan fingerprint density at radius 1 is 1.35 bits per heavy atom. The number of aromatic nitrogens is 1. The molecule has 0 spiro atoms. The number of hydrogen-bond acceptors (Lipinski definition) is 3. The summed E-state index contributed by atoms with van der Waals surface area (Å²) in [4.78, 5) is 17.7. The summed E-state index contributed by atoms with van der Waals surface area (Å²) < 4.78 is 18.6. The van der Waals surface area contributed by atoms with Crippen molar-refractivity contribution in [3.05, 3.63) is 59.7 Å². The summed E-state index contributed by atoms with van der Waals surface area (Å²) in [6.07, 6.45) is 3.37. The molecule has 1 heterocycles. The third-order valence-corrected chi connectivity index (χ3v) is 3.53. The highest BCUT2D eigenvalue weighted by Gasteiger charge is 2.15. The van der Waals surface area contributed by atoms with Crippen LogP contribution >= 0.6 is 0 Å². The van der Waals surface area contributed by atoms with Crippen molar-refractivity contribution in [1.82, 2.24) is 15.2 Å². The van der Waals surface area contributed by atoms with E-state index in [0.717, 1.165) is 5.56 Å². The minimum Gasteiger partial charge on any atom is -0.494 e. The van der Waals surface area contributed by atoms with Crippen molar-refractivity contribution in [2.45, 2.75) is 19.5 Å². The van der Waals surface area contributed by atoms with E-state index in [0.29, 0.717) is 12.1 Å². The highest BCUT2D eigenvalue weighted by Crippen LogP contribution is 2.21. The number of amides is 2. The molecule has 2 amide bonds. The summed E-state index contributed by atoms with van der Waals surface area (Å²) in [5.74, 6) is -0.265. The van der Waals surface area contributed by atoms with Crippen LogP contribution in [0.1, 0.15) is 24.1 Å². The smallest absolute Gasteiger partial charge is 0.317 e. The molecule has 0 aliphatic carbocycles. The number of carbonyl (C=O) groups excluding carboxylic acids is 1. The van der Waals surface area contributed by atoms with Gasteiger partial charge in [-0.15, -0.1) is 0 Å². The van der Waals surface area contributed by atoms with E-state index >= 15 is 0 Å². The summed E-state index contributed by atoms with van der Waals surface area (Å²) >= 11 is 0. The lowest BCUT2D eigenvalue weighted by molar-refractivity contribution is 0.203. The molecule has 0 saturated carbocycles. The van der Waals surface area contributed by atoms with Gasteiger partial charge >= 0.3 is 6.03 Å². The fourth-order valence-electron chi connectivity index (χ4n) is 2.16. The molecular weight excluding hydrogens is 297 g/mol. The van der Waals surface area contributed by atoms with Crippen LogP contribution in [0.4, 0.5) is 9.18 Å². The van der Waals surface area contributed by atoms with Gasteiger partial charge in [-0.2, -0.15) is 0 Å². The van der Waals surface area contributed by atoms with Gasteiger partial charge in [0.2, 0.25) is 0 Å². The first-order valence-electron chi connectivity index (χ1n) is 7.25. The number of rotatable bonds is 5. The van der Waals surface area contributed by atoms with Crippen LogP contribution in [0.3, 0.4) is 0 Å². The molecule has 5 nitrogen and oxygen atoms in total. The third-order valence-electron chi connectivity index (χ3n) is 3.53. The molecule has 2 aromatic rings. The van der Waals surface area contributed by atoms with Crippen LogP contribution in [0.2, 0.25) is 0 Å². The Bertz CT molecular complexity index is 664. The fraction of sp³-hybridized carbons (Fsp3) is 0.294. The maximum Gasteiger partial charge on any atom is 0.317 e. The van der Waals surface area contributed by atoms with Gasteiger partial charge in [0.15, 0.2) is 11.6 Å². The summed E-state index contributed by atoms with van der Waals surface area (Å²) in [6, 6.07) is 7.81. The molecule has 2 rings (SSSR count). The number of carbonyl (C=O) groups is 1. The van der Waals surface area contributed by atoms with E-state index in [2.05, 4.69) is 10.3 Å². The van der Waals surface area contributed by atoms with Crippen molar-refractivity contribution in [3.63, 3.8) is 0 Å². The molecule has 1 aromatic carbocycles. The third kappa shape index (κ3) is 4.42. The molecule has 6 heteroatoms. The maximum atomic E-state index is 13.7. The van der Waals surface area contributed by atoms with Crippen LogP contribution in [0.15, 0.2) is 42.7 Å². The standard InChI is InChI=1S/C17H20FN3O2/c1-12(14-4-5-16(23-3)15(18)10-14)20-17(22)21(2)11-13-6-8-19-9-7-13/h4-10,12H,11H2,1-3H3,(H,20,22). The zero-order valence-corrected chi connectivity index (χ0v) is 13.4. The van der Waals surface area contributed by atoms with Crippen LogP contribution in [0.5, 0.6) is 5.75 Å². The average molecular weight is 317 g/mol. The zero-order valence-electron chi connectivity index (χ0n) is 13.4. The van der Waals surface area contributed by atoms with E-state index in [1.54, 1.807) is 43.4 Å². The minimum atomic E-state index is -0.448. The van der Waals surface area contributed by atoms with Crippen molar-refractivity contribution < 1.29 is 13.9 Å². The molecule has 1 unspecified atom stereocenters. The maximum absolute atomic E-state index is 13.7. The number of benzene rings is 1. The van der Waals surface area contributed by atoms with Crippen LogP contribution in [0.25, 0.3) is 0 Å². The highest BCUT2D eigenvalue weighted by molar-refractivity contribution is 5.74. The second kappa shape index (κ2) is 7.58. The van der Waals surface area contributed by atoms with E-state index in [-0.39, 0.29) is 17.8 Å². The highest BCUT2D eigenvalue weighted by atomic mass is 19.1. The average Bonchev–Trinajstić information content (AvgIpc) is 2.55. The molecule has 0 aliphatic heterocycles. The summed E-state index contributed by atoms with van der Waals surface area (Å²) in [6.45, 7) is 2.28. The number of pyridine rings is 1. The summed E-state index contributed by atoms with van der Waals surface area (Å²) in [7, 11) is 3.12. The van der Waals surface area contributed by atoms with Gasteiger partial charge in [0, 0.05) is 26.0 Å². The Kier molecular flexibility index (Phi) is 5.51. The van der Waals surface area contributed by atoms with Crippen LogP contribution < -0.4 is 10.1 Å². The predicted molar refractivity (Wildman–Crippen MR) is 85.6 cm³/mol. The van der Waals surface area contributed by atoms with Crippen molar-refractivity contribution >= 4 is 6.03 Å². The second-order valence-corrected chi connectivity index (χ2v) is 5.28. The molecule has 0 saturated heterocycles. The van der Waals surface area contributed by atoms with Gasteiger partial charge in [-0.05, 0) is 42.3 Å². The molecule has 1 aromatic heterocycles. The van der Waals surface area contributed by atoms with E-state index in [1.807, 2.05) is 12.1 Å². The Morgan fingerprint density at radius 3 is 2.65 bits per heavy atom. The van der Waals surface area contributed by atoms with E-state index in [4.69, 9.17) is 4.74 Å². The molecule has 0 bridgehead atoms.